The minimum absolute atomic E-state index is 0.180. The number of ether oxygens (including phenoxy) is 1. The van der Waals surface area contributed by atoms with Crippen molar-refractivity contribution in [2.75, 3.05) is 19.6 Å². The van der Waals surface area contributed by atoms with Gasteiger partial charge in [0, 0.05) is 32.2 Å². The van der Waals surface area contributed by atoms with Crippen molar-refractivity contribution in [3.8, 4) is 0 Å². The summed E-state index contributed by atoms with van der Waals surface area (Å²) in [7, 11) is 0. The van der Waals surface area contributed by atoms with Crippen LogP contribution >= 0.6 is 0 Å². The molecule has 1 heterocycles. The number of hydrogen-bond donors (Lipinski definition) is 1. The second-order valence-corrected chi connectivity index (χ2v) is 7.25. The van der Waals surface area contributed by atoms with Crippen LogP contribution in [0.4, 0.5) is 4.79 Å². The highest BCUT2D eigenvalue weighted by molar-refractivity contribution is 5.87. The van der Waals surface area contributed by atoms with Crippen molar-refractivity contribution in [3.63, 3.8) is 0 Å². The lowest BCUT2D eigenvalue weighted by Crippen LogP contribution is -2.54. The standard InChI is InChI=1S/C18H26N2O4/c1-13-11-20(17(23)24-18(2,3)4)9-8-19(13)12-14-6-5-7-15(10-14)16(21)22/h5-7,10,13H,8-9,11-12H2,1-4H3,(H,21,22)/t13-/m1/s1. The van der Waals surface area contributed by atoms with Gasteiger partial charge in [-0.25, -0.2) is 9.59 Å². The molecule has 1 aromatic rings. The third-order valence-corrected chi connectivity index (χ3v) is 3.98. The predicted octanol–water partition coefficient (Wildman–Crippen LogP) is 2.83. The molecular weight excluding hydrogens is 308 g/mol. The molecule has 1 fully saturated rings. The van der Waals surface area contributed by atoms with Crippen LogP contribution in [0.3, 0.4) is 0 Å². The number of rotatable bonds is 3. The number of carbonyl (C=O) groups is 2. The second kappa shape index (κ2) is 7.21. The number of carbonyl (C=O) groups excluding carboxylic acids is 1. The highest BCUT2D eigenvalue weighted by atomic mass is 16.6. The van der Waals surface area contributed by atoms with Crippen molar-refractivity contribution in [1.29, 1.82) is 0 Å². The molecule has 0 aliphatic carbocycles. The highest BCUT2D eigenvalue weighted by Gasteiger charge is 2.29. The summed E-state index contributed by atoms with van der Waals surface area (Å²) < 4.78 is 5.42. The quantitative estimate of drug-likeness (QED) is 0.920. The smallest absolute Gasteiger partial charge is 0.410 e. The van der Waals surface area contributed by atoms with Gasteiger partial charge in [0.15, 0.2) is 0 Å². The fourth-order valence-corrected chi connectivity index (χ4v) is 2.76. The van der Waals surface area contributed by atoms with E-state index in [1.54, 1.807) is 23.1 Å². The molecule has 1 saturated heterocycles. The van der Waals surface area contributed by atoms with Crippen molar-refractivity contribution < 1.29 is 19.4 Å². The molecule has 132 valence electrons. The molecule has 6 heteroatoms. The lowest BCUT2D eigenvalue weighted by Gasteiger charge is -2.40. The number of piperazine rings is 1. The van der Waals surface area contributed by atoms with Crippen LogP contribution in [0.25, 0.3) is 0 Å². The number of hydrogen-bond acceptors (Lipinski definition) is 4. The van der Waals surface area contributed by atoms with Crippen LogP contribution < -0.4 is 0 Å². The van der Waals surface area contributed by atoms with E-state index in [1.807, 2.05) is 26.8 Å². The number of benzene rings is 1. The van der Waals surface area contributed by atoms with Gasteiger partial charge in [0.2, 0.25) is 0 Å². The van der Waals surface area contributed by atoms with Crippen molar-refractivity contribution in [1.82, 2.24) is 9.80 Å². The number of nitrogens with zero attached hydrogens (tertiary/aromatic N) is 2. The minimum Gasteiger partial charge on any atom is -0.478 e. The Labute approximate surface area is 143 Å². The number of amides is 1. The molecular formula is C18H26N2O4. The van der Waals surface area contributed by atoms with Crippen LogP contribution in [-0.2, 0) is 11.3 Å². The van der Waals surface area contributed by atoms with Crippen LogP contribution in [0.1, 0.15) is 43.6 Å². The first kappa shape index (κ1) is 18.3. The molecule has 1 atom stereocenters. The maximum absolute atomic E-state index is 12.2. The Morgan fingerprint density at radius 1 is 1.29 bits per heavy atom. The molecule has 6 nitrogen and oxygen atoms in total. The molecule has 0 radical (unpaired) electrons. The molecule has 1 aromatic carbocycles. The lowest BCUT2D eigenvalue weighted by molar-refractivity contribution is 0.00458. The number of aromatic carboxylic acids is 1. The third kappa shape index (κ3) is 4.96. The molecule has 0 saturated carbocycles. The van der Waals surface area contributed by atoms with Crippen LogP contribution in [0.2, 0.25) is 0 Å². The van der Waals surface area contributed by atoms with Crippen LogP contribution in [0, 0.1) is 0 Å². The first-order chi connectivity index (χ1) is 11.2. The van der Waals surface area contributed by atoms with Gasteiger partial charge in [-0.05, 0) is 45.4 Å². The van der Waals surface area contributed by atoms with Crippen LogP contribution in [0.5, 0.6) is 0 Å². The second-order valence-electron chi connectivity index (χ2n) is 7.25. The SMILES string of the molecule is C[C@@H]1CN(C(=O)OC(C)(C)C)CCN1Cc1cccc(C(=O)O)c1. The first-order valence-corrected chi connectivity index (χ1v) is 8.20. The molecule has 0 aromatic heterocycles. The first-order valence-electron chi connectivity index (χ1n) is 8.20. The van der Waals surface area contributed by atoms with Crippen molar-refractivity contribution >= 4 is 12.1 Å². The molecule has 0 spiro atoms. The zero-order valence-electron chi connectivity index (χ0n) is 14.8. The summed E-state index contributed by atoms with van der Waals surface area (Å²) in [4.78, 5) is 27.2. The van der Waals surface area contributed by atoms with Crippen LogP contribution in [0.15, 0.2) is 24.3 Å². The fraction of sp³-hybridized carbons (Fsp3) is 0.556. The predicted molar refractivity (Wildman–Crippen MR) is 91.1 cm³/mol. The third-order valence-electron chi connectivity index (χ3n) is 3.98. The van der Waals surface area contributed by atoms with Crippen molar-refractivity contribution in [3.05, 3.63) is 35.4 Å². The van der Waals surface area contributed by atoms with Crippen molar-refractivity contribution in [2.45, 2.75) is 45.9 Å². The summed E-state index contributed by atoms with van der Waals surface area (Å²) >= 11 is 0. The van der Waals surface area contributed by atoms with E-state index in [9.17, 15) is 9.59 Å². The summed E-state index contributed by atoms with van der Waals surface area (Å²) in [6.45, 7) is 10.3. The Balaban J connectivity index is 1.95. The zero-order valence-corrected chi connectivity index (χ0v) is 14.8. The van der Waals surface area contributed by atoms with Gasteiger partial charge in [0.05, 0.1) is 5.56 Å². The van der Waals surface area contributed by atoms with Crippen molar-refractivity contribution in [2.24, 2.45) is 0 Å². The number of carboxylic acids is 1. The summed E-state index contributed by atoms with van der Waals surface area (Å²) in [5.74, 6) is -0.917. The normalized spacial score (nSPS) is 19.2. The Morgan fingerprint density at radius 3 is 2.58 bits per heavy atom. The summed E-state index contributed by atoms with van der Waals surface area (Å²) in [5.41, 5.74) is 0.773. The maximum Gasteiger partial charge on any atom is 0.410 e. The monoisotopic (exact) mass is 334 g/mol. The van der Waals surface area contributed by atoms with Gasteiger partial charge in [0.25, 0.3) is 0 Å². The molecule has 2 rings (SSSR count). The van der Waals surface area contributed by atoms with E-state index in [2.05, 4.69) is 11.8 Å². The average molecular weight is 334 g/mol. The van der Waals surface area contributed by atoms with E-state index in [0.29, 0.717) is 25.2 Å². The molecule has 1 aliphatic rings. The van der Waals surface area contributed by atoms with E-state index in [4.69, 9.17) is 9.84 Å². The highest BCUT2D eigenvalue weighted by Crippen LogP contribution is 2.17. The van der Waals surface area contributed by atoms with Gasteiger partial charge in [-0.2, -0.15) is 0 Å². The van der Waals surface area contributed by atoms with Gasteiger partial charge in [0.1, 0.15) is 5.60 Å². The Bertz CT molecular complexity index is 609. The zero-order chi connectivity index (χ0) is 17.9. The van der Waals surface area contributed by atoms with Gasteiger partial charge in [-0.15, -0.1) is 0 Å². The molecule has 0 unspecified atom stereocenters. The molecule has 0 bridgehead atoms. The average Bonchev–Trinajstić information content (AvgIpc) is 2.48. The molecule has 24 heavy (non-hydrogen) atoms. The number of carboxylic acid groups (broad SMARTS) is 1. The van der Waals surface area contributed by atoms with Gasteiger partial charge >= 0.3 is 12.1 Å². The Hall–Kier alpha value is -2.08. The van der Waals surface area contributed by atoms with Gasteiger partial charge < -0.3 is 14.7 Å². The van der Waals surface area contributed by atoms with Gasteiger partial charge in [-0.1, -0.05) is 12.1 Å². The largest absolute Gasteiger partial charge is 0.478 e. The summed E-state index contributed by atoms with van der Waals surface area (Å²) in [5, 5.41) is 9.08. The molecule has 1 amide bonds. The lowest BCUT2D eigenvalue weighted by atomic mass is 10.1. The Morgan fingerprint density at radius 2 is 2.00 bits per heavy atom. The summed E-state index contributed by atoms with van der Waals surface area (Å²) in [6, 6.07) is 7.17. The van der Waals surface area contributed by atoms with Gasteiger partial charge in [-0.3, -0.25) is 4.90 Å². The maximum atomic E-state index is 12.2. The van der Waals surface area contributed by atoms with E-state index in [0.717, 1.165) is 12.1 Å². The molecule has 1 N–H and O–H groups in total. The molecule has 1 aliphatic heterocycles. The topological polar surface area (TPSA) is 70.1 Å². The van der Waals surface area contributed by atoms with Crippen LogP contribution in [-0.4, -0.2) is 58.2 Å². The van der Waals surface area contributed by atoms with E-state index in [-0.39, 0.29) is 12.1 Å². The summed E-state index contributed by atoms with van der Waals surface area (Å²) in [6.07, 6.45) is -0.276. The fourth-order valence-electron chi connectivity index (χ4n) is 2.76. The Kier molecular flexibility index (Phi) is 5.49. The minimum atomic E-state index is -0.917. The van der Waals surface area contributed by atoms with E-state index >= 15 is 0 Å². The van der Waals surface area contributed by atoms with E-state index < -0.39 is 11.6 Å². The van der Waals surface area contributed by atoms with E-state index in [1.165, 1.54) is 0 Å².